The first kappa shape index (κ1) is 42.5. The quantitative estimate of drug-likeness (QED) is 0.198. The highest BCUT2D eigenvalue weighted by atomic mass is 31.2. The molecular weight excluding hydrogens is 646 g/mol. The first-order valence-corrected chi connectivity index (χ1v) is 20.5. The number of phenols is 2. The molecule has 2 N–H and O–H groups in total. The summed E-state index contributed by atoms with van der Waals surface area (Å²) >= 11 is 0. The lowest BCUT2D eigenvalue weighted by atomic mass is 9.77. The monoisotopic (exact) mass is 710 g/mol. The van der Waals surface area contributed by atoms with Crippen molar-refractivity contribution >= 4 is 15.2 Å². The van der Waals surface area contributed by atoms with Crippen LogP contribution in [0.3, 0.4) is 0 Å². The van der Waals surface area contributed by atoms with Crippen LogP contribution in [-0.4, -0.2) is 36.6 Å². The van der Waals surface area contributed by atoms with Gasteiger partial charge in [-0.05, 0) is 82.7 Å². The van der Waals surface area contributed by atoms with E-state index in [-0.39, 0.29) is 37.9 Å². The second-order valence-corrected chi connectivity index (χ2v) is 20.9. The van der Waals surface area contributed by atoms with E-state index < -0.39 is 48.2 Å². The van der Waals surface area contributed by atoms with Crippen molar-refractivity contribution in [2.75, 3.05) is 26.4 Å². The van der Waals surface area contributed by atoms with Crippen LogP contribution in [0.25, 0.3) is 0 Å². The Labute approximate surface area is 291 Å². The molecule has 0 aliphatic rings. The van der Waals surface area contributed by atoms with E-state index in [0.29, 0.717) is 33.4 Å². The predicted molar refractivity (Wildman–Crippen MR) is 198 cm³/mol. The summed E-state index contributed by atoms with van der Waals surface area (Å²) in [5, 5.41) is 23.4. The molecule has 10 heteroatoms. The van der Waals surface area contributed by atoms with Crippen LogP contribution in [-0.2, 0) is 48.9 Å². The molecule has 274 valence electrons. The molecule has 0 amide bonds. The zero-order chi connectivity index (χ0) is 37.3. The molecule has 0 aliphatic heterocycles. The molecule has 0 unspecified atom stereocenters. The van der Waals surface area contributed by atoms with Gasteiger partial charge in [0, 0.05) is 0 Å². The lowest BCUT2D eigenvalue weighted by Crippen LogP contribution is -2.23. The summed E-state index contributed by atoms with van der Waals surface area (Å²) in [5.74, 6) is 0.313. The molecule has 8 nitrogen and oxygen atoms in total. The zero-order valence-electron chi connectivity index (χ0n) is 32.5. The highest BCUT2D eigenvalue weighted by Crippen LogP contribution is 2.77. The first-order valence-electron chi connectivity index (χ1n) is 17.3. The van der Waals surface area contributed by atoms with E-state index >= 15 is 9.13 Å². The Morgan fingerprint density at radius 2 is 0.667 bits per heavy atom. The van der Waals surface area contributed by atoms with Crippen molar-refractivity contribution < 1.29 is 37.4 Å². The van der Waals surface area contributed by atoms with Crippen LogP contribution >= 0.6 is 15.2 Å². The molecule has 0 heterocycles. The molecule has 2 atom stereocenters. The Morgan fingerprint density at radius 3 is 0.812 bits per heavy atom. The molecule has 0 bridgehead atoms. The Bertz CT molecular complexity index is 1300. The zero-order valence-corrected chi connectivity index (χ0v) is 34.3. The van der Waals surface area contributed by atoms with E-state index in [0.717, 1.165) is 0 Å². The van der Waals surface area contributed by atoms with Crippen molar-refractivity contribution in [3.05, 3.63) is 57.6 Å². The van der Waals surface area contributed by atoms with Gasteiger partial charge in [0.25, 0.3) is 0 Å². The summed E-state index contributed by atoms with van der Waals surface area (Å²) in [6.07, 6.45) is 0. The van der Waals surface area contributed by atoms with E-state index in [9.17, 15) is 10.2 Å². The smallest absolute Gasteiger partial charge is 0.339 e. The van der Waals surface area contributed by atoms with E-state index in [1.165, 1.54) is 0 Å². The minimum atomic E-state index is -4.18. The first-order chi connectivity index (χ1) is 21.7. The van der Waals surface area contributed by atoms with Crippen LogP contribution in [0.4, 0.5) is 0 Å². The molecule has 2 rings (SSSR count). The van der Waals surface area contributed by atoms with Crippen molar-refractivity contribution in [2.45, 2.75) is 144 Å². The molecule has 0 spiro atoms. The number of rotatable bonds is 13. The summed E-state index contributed by atoms with van der Waals surface area (Å²) < 4.78 is 55.4. The molecule has 48 heavy (non-hydrogen) atoms. The minimum absolute atomic E-state index is 0.0699. The number of phenolic OH excluding ortho intramolecular Hbond substituents is 2. The van der Waals surface area contributed by atoms with Gasteiger partial charge < -0.3 is 28.3 Å². The molecule has 0 radical (unpaired) electrons. The van der Waals surface area contributed by atoms with Crippen LogP contribution in [0, 0.1) is 0 Å². The molecular formula is C38H64O8P2. The van der Waals surface area contributed by atoms with Crippen molar-refractivity contribution in [3.8, 4) is 11.5 Å². The maximum absolute atomic E-state index is 15.4. The van der Waals surface area contributed by atoms with Crippen LogP contribution in [0.1, 0.15) is 155 Å². The number of hydrogen-bond donors (Lipinski definition) is 2. The summed E-state index contributed by atoms with van der Waals surface area (Å²) in [5.41, 5.74) is -0.780. The third-order valence-corrected chi connectivity index (χ3v) is 13.7. The minimum Gasteiger partial charge on any atom is -0.507 e. The molecule has 0 aromatic heterocycles. The van der Waals surface area contributed by atoms with Gasteiger partial charge >= 0.3 is 15.2 Å². The maximum Gasteiger partial charge on any atom is 0.339 e. The summed E-state index contributed by atoms with van der Waals surface area (Å²) in [7, 11) is -8.35. The van der Waals surface area contributed by atoms with E-state index in [4.69, 9.17) is 18.1 Å². The normalized spacial score (nSPS) is 15.1. The molecule has 2 aromatic rings. The molecule has 0 aliphatic carbocycles. The SMILES string of the molecule is CCOP(=O)(OCC)[C@@H](c1cc(C(C)(C)C)c(O)c(C(C)(C)C)c1)[C@H](c1cc(C(C)(C)C)c(O)c(C(C)(C)C)c1)P(=O)(OCC)OCC. The van der Waals surface area contributed by atoms with Gasteiger partial charge in [-0.15, -0.1) is 0 Å². The van der Waals surface area contributed by atoms with Gasteiger partial charge in [0.1, 0.15) is 22.8 Å². The Kier molecular flexibility index (Phi) is 13.5. The van der Waals surface area contributed by atoms with Gasteiger partial charge in [-0.3, -0.25) is 9.13 Å². The van der Waals surface area contributed by atoms with Gasteiger partial charge in [0.15, 0.2) is 0 Å². The molecule has 0 saturated carbocycles. The van der Waals surface area contributed by atoms with Crippen LogP contribution < -0.4 is 0 Å². The fraction of sp³-hybridized carbons (Fsp3) is 0.684. The second-order valence-electron chi connectivity index (χ2n) is 16.6. The standard InChI is InChI=1S/C38H64O8P2/c1-17-43-47(41,44-18-2)33(25-21-27(35(5,6)7)31(39)28(22-25)36(8,9)10)34(48(42,45-19-3)46-20-4)26-23-29(37(11,12)13)32(40)30(24-26)38(14,15)16/h21-24,33-34,39-40H,17-20H2,1-16H3/t33-,34-/m0/s1. The third-order valence-electron chi connectivity index (χ3n) is 8.40. The van der Waals surface area contributed by atoms with E-state index in [1.807, 2.05) is 107 Å². The fourth-order valence-electron chi connectivity index (χ4n) is 6.13. The van der Waals surface area contributed by atoms with Crippen LogP contribution in [0.5, 0.6) is 11.5 Å². The van der Waals surface area contributed by atoms with Gasteiger partial charge in [-0.1, -0.05) is 107 Å². The van der Waals surface area contributed by atoms with E-state index in [2.05, 4.69) is 0 Å². The lowest BCUT2D eigenvalue weighted by Gasteiger charge is -2.39. The molecule has 0 fully saturated rings. The highest BCUT2D eigenvalue weighted by molar-refractivity contribution is 7.58. The summed E-state index contributed by atoms with van der Waals surface area (Å²) in [4.78, 5) is 0. The number of aromatic hydroxyl groups is 2. The van der Waals surface area contributed by atoms with Crippen LogP contribution in [0.2, 0.25) is 0 Å². The lowest BCUT2D eigenvalue weighted by molar-refractivity contribution is 0.194. The van der Waals surface area contributed by atoms with Gasteiger partial charge in [-0.25, -0.2) is 0 Å². The Hall–Kier alpha value is -1.66. The third kappa shape index (κ3) is 9.36. The second kappa shape index (κ2) is 15.3. The van der Waals surface area contributed by atoms with Gasteiger partial charge in [0.2, 0.25) is 0 Å². The Morgan fingerprint density at radius 1 is 0.479 bits per heavy atom. The molecule has 0 saturated heterocycles. The molecule has 2 aromatic carbocycles. The number of benzene rings is 2. The fourth-order valence-corrected chi connectivity index (χ4v) is 11.4. The van der Waals surface area contributed by atoms with Gasteiger partial charge in [0.05, 0.1) is 26.4 Å². The summed E-state index contributed by atoms with van der Waals surface area (Å²) in [6.45, 7) is 31.3. The van der Waals surface area contributed by atoms with Crippen molar-refractivity contribution in [1.29, 1.82) is 0 Å². The van der Waals surface area contributed by atoms with Crippen LogP contribution in [0.15, 0.2) is 24.3 Å². The summed E-state index contributed by atoms with van der Waals surface area (Å²) in [6, 6.07) is 7.35. The topological polar surface area (TPSA) is 112 Å². The van der Waals surface area contributed by atoms with E-state index in [1.54, 1.807) is 27.7 Å². The Balaban J connectivity index is 3.45. The number of hydrogen-bond acceptors (Lipinski definition) is 8. The van der Waals surface area contributed by atoms with Crippen molar-refractivity contribution in [1.82, 2.24) is 0 Å². The largest absolute Gasteiger partial charge is 0.507 e. The van der Waals surface area contributed by atoms with Crippen molar-refractivity contribution in [3.63, 3.8) is 0 Å². The van der Waals surface area contributed by atoms with Crippen molar-refractivity contribution in [2.24, 2.45) is 0 Å². The average molecular weight is 711 g/mol. The maximum atomic E-state index is 15.4. The average Bonchev–Trinajstić information content (AvgIpc) is 2.90. The predicted octanol–water partition coefficient (Wildman–Crippen LogP) is 11.6. The highest BCUT2D eigenvalue weighted by Gasteiger charge is 2.53. The van der Waals surface area contributed by atoms with Gasteiger partial charge in [-0.2, -0.15) is 0 Å².